The zero-order valence-electron chi connectivity index (χ0n) is 25.1. The van der Waals surface area contributed by atoms with Crippen LogP contribution in [0.25, 0.3) is 5.76 Å². The summed E-state index contributed by atoms with van der Waals surface area (Å²) in [6, 6.07) is 21.5. The molecule has 1 aliphatic rings. The number of carbonyl (C=O) groups excluding carboxylic acids is 3. The first-order valence-corrected chi connectivity index (χ1v) is 14.9. The maximum Gasteiger partial charge on any atom is 0.301 e. The van der Waals surface area contributed by atoms with Crippen molar-refractivity contribution in [1.82, 2.24) is 4.98 Å². The SMILES string of the molecule is CC(=O)c1sc(N2C(=O)C(=O)C(=C(O)c3ccc(OCc4cccc(C)c4)cc3)C2c2ccc(C(C)(C)C)cc2)nc1C. The number of carbonyl (C=O) groups is 3. The van der Waals surface area contributed by atoms with E-state index in [9.17, 15) is 19.5 Å². The molecule has 7 nitrogen and oxygen atoms in total. The fourth-order valence-electron chi connectivity index (χ4n) is 5.16. The molecule has 1 atom stereocenters. The number of anilines is 1. The van der Waals surface area contributed by atoms with Crippen molar-refractivity contribution in [2.24, 2.45) is 0 Å². The summed E-state index contributed by atoms with van der Waals surface area (Å²) in [5, 5.41) is 11.8. The van der Waals surface area contributed by atoms with Gasteiger partial charge in [0.05, 0.1) is 22.2 Å². The summed E-state index contributed by atoms with van der Waals surface area (Å²) >= 11 is 1.06. The normalized spacial score (nSPS) is 16.5. The van der Waals surface area contributed by atoms with E-state index in [0.29, 0.717) is 34.1 Å². The van der Waals surface area contributed by atoms with Gasteiger partial charge in [-0.1, -0.05) is 86.2 Å². The Kier molecular flexibility index (Phi) is 8.08. The number of hydrogen-bond acceptors (Lipinski definition) is 7. The number of ketones is 2. The molecule has 8 heteroatoms. The molecular formula is C35H34N2O5S. The molecule has 1 aliphatic heterocycles. The summed E-state index contributed by atoms with van der Waals surface area (Å²) in [5.74, 6) is -1.50. The number of aliphatic hydroxyl groups is 1. The standard InChI is InChI=1S/C35H34N2O5S/c1-20-8-7-9-23(18-20)19-42-27-16-12-25(13-17-27)30(39)28-29(24-10-14-26(15-11-24)35(4,5)6)37(33(41)31(28)40)34-36-21(2)32(43-34)22(3)38/h7-18,29,39H,19H2,1-6H3. The number of aromatic nitrogens is 1. The summed E-state index contributed by atoms with van der Waals surface area (Å²) in [6.45, 7) is 11.9. The van der Waals surface area contributed by atoms with E-state index < -0.39 is 17.7 Å². The molecule has 3 aromatic carbocycles. The monoisotopic (exact) mass is 594 g/mol. The number of aryl methyl sites for hydroxylation is 2. The van der Waals surface area contributed by atoms with Gasteiger partial charge in [0.25, 0.3) is 5.78 Å². The van der Waals surface area contributed by atoms with E-state index in [4.69, 9.17) is 4.74 Å². The summed E-state index contributed by atoms with van der Waals surface area (Å²) in [6.07, 6.45) is 0. The number of hydrogen-bond donors (Lipinski definition) is 1. The lowest BCUT2D eigenvalue weighted by atomic mass is 9.85. The quantitative estimate of drug-likeness (QED) is 0.103. The minimum absolute atomic E-state index is 0.0424. The molecule has 0 aliphatic carbocycles. The second-order valence-corrected chi connectivity index (χ2v) is 12.8. The molecule has 1 saturated heterocycles. The van der Waals surface area contributed by atoms with Crippen LogP contribution in [0.5, 0.6) is 5.75 Å². The molecule has 1 N–H and O–H groups in total. The van der Waals surface area contributed by atoms with Crippen molar-refractivity contribution in [2.45, 2.75) is 59.6 Å². The summed E-state index contributed by atoms with van der Waals surface area (Å²) in [4.78, 5) is 45.5. The van der Waals surface area contributed by atoms with Gasteiger partial charge in [-0.25, -0.2) is 4.98 Å². The Balaban J connectivity index is 1.55. The molecule has 43 heavy (non-hydrogen) atoms. The van der Waals surface area contributed by atoms with Crippen molar-refractivity contribution < 1.29 is 24.2 Å². The van der Waals surface area contributed by atoms with Crippen LogP contribution in [0.1, 0.15) is 76.9 Å². The van der Waals surface area contributed by atoms with Gasteiger partial charge in [-0.05, 0) is 60.2 Å². The van der Waals surface area contributed by atoms with Crippen LogP contribution in [0.2, 0.25) is 0 Å². The fraction of sp³-hybridized carbons (Fsp3) is 0.257. The van der Waals surface area contributed by atoms with E-state index >= 15 is 0 Å². The highest BCUT2D eigenvalue weighted by Gasteiger charge is 2.48. The second-order valence-electron chi connectivity index (χ2n) is 11.8. The first-order chi connectivity index (χ1) is 20.3. The zero-order chi connectivity index (χ0) is 31.1. The molecule has 0 radical (unpaired) electrons. The van der Waals surface area contributed by atoms with Crippen molar-refractivity contribution in [3.05, 3.63) is 117 Å². The lowest BCUT2D eigenvalue weighted by Crippen LogP contribution is -2.29. The molecule has 1 unspecified atom stereocenters. The first kappa shape index (κ1) is 29.9. The number of amides is 1. The maximum atomic E-state index is 13.6. The molecule has 4 aromatic rings. The van der Waals surface area contributed by atoms with Gasteiger partial charge in [-0.3, -0.25) is 19.3 Å². The van der Waals surface area contributed by atoms with Crippen molar-refractivity contribution in [2.75, 3.05) is 4.90 Å². The van der Waals surface area contributed by atoms with Crippen LogP contribution in [0, 0.1) is 13.8 Å². The summed E-state index contributed by atoms with van der Waals surface area (Å²) in [7, 11) is 0. The van der Waals surface area contributed by atoms with E-state index in [1.54, 1.807) is 31.2 Å². The van der Waals surface area contributed by atoms with E-state index in [0.717, 1.165) is 28.0 Å². The Morgan fingerprint density at radius 3 is 2.26 bits per heavy atom. The minimum atomic E-state index is -0.934. The van der Waals surface area contributed by atoms with Gasteiger partial charge in [-0.15, -0.1) is 0 Å². The average molecular weight is 595 g/mol. The number of rotatable bonds is 7. The minimum Gasteiger partial charge on any atom is -0.507 e. The molecule has 5 rings (SSSR count). The van der Waals surface area contributed by atoms with Crippen molar-refractivity contribution in [3.63, 3.8) is 0 Å². The number of nitrogens with zero attached hydrogens (tertiary/aromatic N) is 2. The van der Waals surface area contributed by atoms with Gasteiger partial charge < -0.3 is 9.84 Å². The van der Waals surface area contributed by atoms with E-state index in [1.165, 1.54) is 11.8 Å². The molecule has 220 valence electrons. The third-order valence-electron chi connectivity index (χ3n) is 7.46. The Hall–Kier alpha value is -4.56. The van der Waals surface area contributed by atoms with Gasteiger partial charge in [0.15, 0.2) is 10.9 Å². The highest BCUT2D eigenvalue weighted by atomic mass is 32.1. The molecule has 1 fully saturated rings. The van der Waals surface area contributed by atoms with Gasteiger partial charge in [0.1, 0.15) is 18.1 Å². The molecule has 0 saturated carbocycles. The maximum absolute atomic E-state index is 13.6. The predicted molar refractivity (Wildman–Crippen MR) is 169 cm³/mol. The Morgan fingerprint density at radius 2 is 1.67 bits per heavy atom. The van der Waals surface area contributed by atoms with Crippen LogP contribution < -0.4 is 9.64 Å². The summed E-state index contributed by atoms with van der Waals surface area (Å²) in [5.41, 5.74) is 4.61. The first-order valence-electron chi connectivity index (χ1n) is 14.0. The van der Waals surface area contributed by atoms with E-state index in [-0.39, 0.29) is 27.7 Å². The number of aliphatic hydroxyl groups excluding tert-OH is 1. The number of thiazole rings is 1. The van der Waals surface area contributed by atoms with Crippen LogP contribution >= 0.6 is 11.3 Å². The number of benzene rings is 3. The molecule has 0 bridgehead atoms. The van der Waals surface area contributed by atoms with Crippen LogP contribution in [0.4, 0.5) is 5.13 Å². The third kappa shape index (κ3) is 6.01. The largest absolute Gasteiger partial charge is 0.507 e. The van der Waals surface area contributed by atoms with Crippen LogP contribution in [-0.2, 0) is 21.6 Å². The Bertz CT molecular complexity index is 1740. The zero-order valence-corrected chi connectivity index (χ0v) is 25.9. The number of ether oxygens (including phenoxy) is 1. The average Bonchev–Trinajstić information content (AvgIpc) is 3.48. The molecule has 1 amide bonds. The summed E-state index contributed by atoms with van der Waals surface area (Å²) < 4.78 is 5.92. The Labute approximate surface area is 255 Å². The molecular weight excluding hydrogens is 560 g/mol. The van der Waals surface area contributed by atoms with Gasteiger partial charge in [0, 0.05) is 12.5 Å². The van der Waals surface area contributed by atoms with Crippen LogP contribution in [0.3, 0.4) is 0 Å². The lowest BCUT2D eigenvalue weighted by Gasteiger charge is -2.24. The third-order valence-corrected chi connectivity index (χ3v) is 8.72. The van der Waals surface area contributed by atoms with Gasteiger partial charge >= 0.3 is 5.91 Å². The van der Waals surface area contributed by atoms with Crippen molar-refractivity contribution in [3.8, 4) is 5.75 Å². The van der Waals surface area contributed by atoms with Crippen LogP contribution in [0.15, 0.2) is 78.4 Å². The van der Waals surface area contributed by atoms with Crippen molar-refractivity contribution >= 4 is 39.7 Å². The Morgan fingerprint density at radius 1 is 1.00 bits per heavy atom. The second kappa shape index (κ2) is 11.6. The van der Waals surface area contributed by atoms with Crippen molar-refractivity contribution in [1.29, 1.82) is 0 Å². The smallest absolute Gasteiger partial charge is 0.301 e. The molecule has 0 spiro atoms. The van der Waals surface area contributed by atoms with E-state index in [2.05, 4.69) is 31.8 Å². The topological polar surface area (TPSA) is 96.8 Å². The predicted octanol–water partition coefficient (Wildman–Crippen LogP) is 7.47. The van der Waals surface area contributed by atoms with Gasteiger partial charge in [-0.2, -0.15) is 0 Å². The molecule has 2 heterocycles. The highest BCUT2D eigenvalue weighted by Crippen LogP contribution is 2.44. The van der Waals surface area contributed by atoms with Crippen LogP contribution in [-0.4, -0.2) is 27.6 Å². The van der Waals surface area contributed by atoms with Gasteiger partial charge in [0.2, 0.25) is 0 Å². The fourth-order valence-corrected chi connectivity index (χ4v) is 6.14. The van der Waals surface area contributed by atoms with E-state index in [1.807, 2.05) is 49.4 Å². The number of Topliss-reactive ketones (excluding diaryl/α,β-unsaturated/α-hetero) is 2. The lowest BCUT2D eigenvalue weighted by molar-refractivity contribution is -0.132. The highest BCUT2D eigenvalue weighted by molar-refractivity contribution is 7.18. The molecule has 1 aromatic heterocycles.